The number of rotatable bonds is 10. The van der Waals surface area contributed by atoms with E-state index in [-0.39, 0.29) is 12.6 Å². The molecular formula is C26H26N4O3S. The molecule has 2 N–H and O–H groups in total. The summed E-state index contributed by atoms with van der Waals surface area (Å²) < 4.78 is 1.73. The Hall–Kier alpha value is -3.78. The first-order valence-corrected chi connectivity index (χ1v) is 12.0. The SMILES string of the molecule is O=C(O)Cn1c(SCCCN(C(=O)NCc2ccccc2)c2ccccc2)nc2ccccc21. The zero-order chi connectivity index (χ0) is 23.8. The molecule has 1 heterocycles. The minimum atomic E-state index is -0.907. The van der Waals surface area contributed by atoms with Crippen LogP contribution in [0.2, 0.25) is 0 Å². The fourth-order valence-corrected chi connectivity index (χ4v) is 4.60. The highest BCUT2D eigenvalue weighted by Crippen LogP contribution is 2.25. The van der Waals surface area contributed by atoms with E-state index in [1.54, 1.807) is 9.47 Å². The summed E-state index contributed by atoms with van der Waals surface area (Å²) in [5.74, 6) is -0.214. The number of nitrogens with one attached hydrogen (secondary N) is 1. The third-order valence-corrected chi connectivity index (χ3v) is 6.33. The lowest BCUT2D eigenvalue weighted by Gasteiger charge is -2.23. The van der Waals surface area contributed by atoms with Gasteiger partial charge in [0.2, 0.25) is 0 Å². The van der Waals surface area contributed by atoms with Crippen LogP contribution in [0.4, 0.5) is 10.5 Å². The van der Waals surface area contributed by atoms with Gasteiger partial charge in [-0.3, -0.25) is 9.69 Å². The Labute approximate surface area is 202 Å². The van der Waals surface area contributed by atoms with E-state index in [0.717, 1.165) is 22.3 Å². The molecule has 0 bridgehead atoms. The summed E-state index contributed by atoms with van der Waals surface area (Å²) in [7, 11) is 0. The van der Waals surface area contributed by atoms with Crippen molar-refractivity contribution in [1.29, 1.82) is 0 Å². The van der Waals surface area contributed by atoms with Crippen molar-refractivity contribution in [3.8, 4) is 0 Å². The Bertz CT molecular complexity index is 1240. The number of fused-ring (bicyclic) bond motifs is 1. The number of anilines is 1. The smallest absolute Gasteiger partial charge is 0.323 e. The molecule has 0 aliphatic carbocycles. The molecule has 7 nitrogen and oxygen atoms in total. The predicted molar refractivity (Wildman–Crippen MR) is 135 cm³/mol. The third-order valence-electron chi connectivity index (χ3n) is 5.27. The number of aliphatic carboxylic acids is 1. The second kappa shape index (κ2) is 11.4. The van der Waals surface area contributed by atoms with Crippen LogP contribution in [0.3, 0.4) is 0 Å². The van der Waals surface area contributed by atoms with E-state index >= 15 is 0 Å². The zero-order valence-electron chi connectivity index (χ0n) is 18.6. The molecule has 0 unspecified atom stereocenters. The maximum absolute atomic E-state index is 13.0. The van der Waals surface area contributed by atoms with Crippen LogP contribution in [-0.4, -0.2) is 39.0 Å². The summed E-state index contributed by atoms with van der Waals surface area (Å²) in [5, 5.41) is 13.0. The normalized spacial score (nSPS) is 10.8. The lowest BCUT2D eigenvalue weighted by molar-refractivity contribution is -0.137. The van der Waals surface area contributed by atoms with Gasteiger partial charge in [-0.05, 0) is 36.2 Å². The van der Waals surface area contributed by atoms with Gasteiger partial charge >= 0.3 is 12.0 Å². The topological polar surface area (TPSA) is 87.5 Å². The summed E-state index contributed by atoms with van der Waals surface area (Å²) >= 11 is 1.50. The van der Waals surface area contributed by atoms with Gasteiger partial charge < -0.3 is 15.0 Å². The van der Waals surface area contributed by atoms with Crippen LogP contribution in [0.15, 0.2) is 90.1 Å². The number of amides is 2. The Morgan fingerprint density at radius 1 is 0.941 bits per heavy atom. The van der Waals surface area contributed by atoms with Crippen LogP contribution < -0.4 is 10.2 Å². The highest BCUT2D eigenvalue weighted by atomic mass is 32.2. The molecule has 8 heteroatoms. The summed E-state index contributed by atoms with van der Waals surface area (Å²) in [6.45, 7) is 0.842. The quantitative estimate of drug-likeness (QED) is 0.249. The van der Waals surface area contributed by atoms with E-state index in [9.17, 15) is 14.7 Å². The van der Waals surface area contributed by atoms with Crippen LogP contribution in [0.1, 0.15) is 12.0 Å². The molecule has 0 aliphatic rings. The van der Waals surface area contributed by atoms with Gasteiger partial charge in [0.15, 0.2) is 5.16 Å². The van der Waals surface area contributed by atoms with E-state index in [4.69, 9.17) is 0 Å². The van der Waals surface area contributed by atoms with Crippen LogP contribution in [0.25, 0.3) is 11.0 Å². The number of hydrogen-bond acceptors (Lipinski definition) is 4. The lowest BCUT2D eigenvalue weighted by Crippen LogP contribution is -2.40. The highest BCUT2D eigenvalue weighted by molar-refractivity contribution is 7.99. The molecule has 0 spiro atoms. The van der Waals surface area contributed by atoms with Crippen molar-refractivity contribution >= 4 is 40.5 Å². The minimum absolute atomic E-state index is 0.138. The summed E-state index contributed by atoms with van der Waals surface area (Å²) in [6.07, 6.45) is 0.717. The van der Waals surface area contributed by atoms with E-state index in [0.29, 0.717) is 30.4 Å². The average Bonchev–Trinajstić information content (AvgIpc) is 3.20. The van der Waals surface area contributed by atoms with Crippen LogP contribution in [-0.2, 0) is 17.9 Å². The molecule has 4 aromatic rings. The van der Waals surface area contributed by atoms with Crippen molar-refractivity contribution in [3.05, 3.63) is 90.5 Å². The van der Waals surface area contributed by atoms with Crippen LogP contribution >= 0.6 is 11.8 Å². The van der Waals surface area contributed by atoms with Crippen molar-refractivity contribution < 1.29 is 14.7 Å². The molecule has 0 fully saturated rings. The number of thioether (sulfide) groups is 1. The third kappa shape index (κ3) is 5.96. The van der Waals surface area contributed by atoms with Crippen molar-refractivity contribution in [1.82, 2.24) is 14.9 Å². The standard InChI is InChI=1S/C26H26N4O3S/c31-24(32)19-30-23-15-8-7-14-22(23)28-26(30)34-17-9-16-29(21-12-5-2-6-13-21)25(33)27-18-20-10-3-1-4-11-20/h1-8,10-15H,9,16-19H2,(H,27,33)(H,31,32). The summed E-state index contributed by atoms with van der Waals surface area (Å²) in [6, 6.07) is 26.8. The van der Waals surface area contributed by atoms with E-state index < -0.39 is 5.97 Å². The Kier molecular flexibility index (Phi) is 7.83. The molecule has 0 aliphatic heterocycles. The highest BCUT2D eigenvalue weighted by Gasteiger charge is 2.17. The molecule has 0 saturated carbocycles. The molecule has 2 amide bonds. The van der Waals surface area contributed by atoms with Crippen LogP contribution in [0.5, 0.6) is 0 Å². The average molecular weight is 475 g/mol. The minimum Gasteiger partial charge on any atom is -0.480 e. The first kappa shape index (κ1) is 23.4. The maximum atomic E-state index is 13.0. The number of nitrogens with zero attached hydrogens (tertiary/aromatic N) is 3. The fourth-order valence-electron chi connectivity index (χ4n) is 3.66. The molecule has 1 aromatic heterocycles. The second-order valence-electron chi connectivity index (χ2n) is 7.70. The number of imidazole rings is 1. The molecule has 0 saturated heterocycles. The molecular weight excluding hydrogens is 448 g/mol. The van der Waals surface area contributed by atoms with Gasteiger partial charge in [0.1, 0.15) is 6.54 Å². The van der Waals surface area contributed by atoms with Gasteiger partial charge in [0, 0.05) is 24.5 Å². The Morgan fingerprint density at radius 3 is 2.35 bits per heavy atom. The van der Waals surface area contributed by atoms with Gasteiger partial charge in [0.05, 0.1) is 11.0 Å². The predicted octanol–water partition coefficient (Wildman–Crippen LogP) is 5.02. The number of carbonyl (C=O) groups is 2. The van der Waals surface area contributed by atoms with E-state index in [1.165, 1.54) is 11.8 Å². The molecule has 3 aromatic carbocycles. The van der Waals surface area contributed by atoms with Crippen molar-refractivity contribution in [2.24, 2.45) is 0 Å². The second-order valence-corrected chi connectivity index (χ2v) is 8.76. The van der Waals surface area contributed by atoms with Gasteiger partial charge in [-0.25, -0.2) is 9.78 Å². The molecule has 34 heavy (non-hydrogen) atoms. The number of aromatic nitrogens is 2. The number of urea groups is 1. The van der Waals surface area contributed by atoms with E-state index in [1.807, 2.05) is 84.9 Å². The summed E-state index contributed by atoms with van der Waals surface area (Å²) in [5.41, 5.74) is 3.45. The molecule has 174 valence electrons. The van der Waals surface area contributed by atoms with Crippen molar-refractivity contribution in [2.75, 3.05) is 17.2 Å². The number of carboxylic acid groups (broad SMARTS) is 1. The van der Waals surface area contributed by atoms with Crippen molar-refractivity contribution in [2.45, 2.75) is 24.7 Å². The number of benzene rings is 3. The first-order chi connectivity index (χ1) is 16.6. The fraction of sp³-hybridized carbons (Fsp3) is 0.192. The largest absolute Gasteiger partial charge is 0.480 e. The summed E-state index contributed by atoms with van der Waals surface area (Å²) in [4.78, 5) is 30.7. The number of hydrogen-bond donors (Lipinski definition) is 2. The first-order valence-electron chi connectivity index (χ1n) is 11.1. The van der Waals surface area contributed by atoms with Gasteiger partial charge in [-0.2, -0.15) is 0 Å². The molecule has 0 radical (unpaired) electrons. The number of carboxylic acids is 1. The van der Waals surface area contributed by atoms with Gasteiger partial charge in [0.25, 0.3) is 0 Å². The van der Waals surface area contributed by atoms with E-state index in [2.05, 4.69) is 10.3 Å². The number of para-hydroxylation sites is 3. The van der Waals surface area contributed by atoms with Crippen molar-refractivity contribution in [3.63, 3.8) is 0 Å². The zero-order valence-corrected chi connectivity index (χ0v) is 19.4. The molecule has 0 atom stereocenters. The molecule has 4 rings (SSSR count). The van der Waals surface area contributed by atoms with Crippen LogP contribution in [0, 0.1) is 0 Å². The lowest BCUT2D eigenvalue weighted by atomic mass is 10.2. The number of carbonyl (C=O) groups excluding carboxylic acids is 1. The monoisotopic (exact) mass is 474 g/mol. The maximum Gasteiger partial charge on any atom is 0.323 e. The van der Waals surface area contributed by atoms with Gasteiger partial charge in [-0.1, -0.05) is 72.4 Å². The Morgan fingerprint density at radius 2 is 1.62 bits per heavy atom. The van der Waals surface area contributed by atoms with Gasteiger partial charge in [-0.15, -0.1) is 0 Å². The Balaban J connectivity index is 1.40.